The monoisotopic (exact) mass is 362 g/mol. The second kappa shape index (κ2) is 6.99. The van der Waals surface area contributed by atoms with Crippen molar-refractivity contribution in [1.29, 1.82) is 0 Å². The lowest BCUT2D eigenvalue weighted by Crippen LogP contribution is -2.04. The lowest BCUT2D eigenvalue weighted by atomic mass is 10.1. The van der Waals surface area contributed by atoms with Crippen molar-refractivity contribution in [3.63, 3.8) is 0 Å². The average molecular weight is 362 g/mol. The zero-order valence-electron chi connectivity index (χ0n) is 13.6. The fraction of sp³-hybridized carbons (Fsp3) is 0.167. The summed E-state index contributed by atoms with van der Waals surface area (Å²) < 4.78 is 48.8. The van der Waals surface area contributed by atoms with Crippen molar-refractivity contribution >= 4 is 5.78 Å². The first-order valence-corrected chi connectivity index (χ1v) is 7.57. The number of alkyl halides is 3. The lowest BCUT2D eigenvalue weighted by Gasteiger charge is -2.06. The number of rotatable bonds is 5. The number of ketones is 1. The van der Waals surface area contributed by atoms with Gasteiger partial charge in [0.25, 0.3) is 5.89 Å². The Kier molecular flexibility index (Phi) is 4.75. The Morgan fingerprint density at radius 1 is 1.15 bits per heavy atom. The minimum absolute atomic E-state index is 0.0432. The maximum Gasteiger partial charge on any atom is 0.416 e. The summed E-state index contributed by atoms with van der Waals surface area (Å²) >= 11 is 0. The molecule has 0 saturated heterocycles. The zero-order valence-corrected chi connectivity index (χ0v) is 13.6. The van der Waals surface area contributed by atoms with Crippen LogP contribution < -0.4 is 4.74 Å². The molecule has 0 fully saturated rings. The highest BCUT2D eigenvalue weighted by atomic mass is 19.4. The van der Waals surface area contributed by atoms with E-state index in [4.69, 9.17) is 9.26 Å². The van der Waals surface area contributed by atoms with Crippen molar-refractivity contribution in [2.75, 3.05) is 0 Å². The molecule has 5 nitrogen and oxygen atoms in total. The first kappa shape index (κ1) is 17.7. The summed E-state index contributed by atoms with van der Waals surface area (Å²) in [5, 5.41) is 3.68. The number of ether oxygens (including phenoxy) is 1. The average Bonchev–Trinajstić information content (AvgIpc) is 3.09. The van der Waals surface area contributed by atoms with E-state index in [1.807, 2.05) is 0 Å². The summed E-state index contributed by atoms with van der Waals surface area (Å²) in [7, 11) is 0. The van der Waals surface area contributed by atoms with Gasteiger partial charge in [0, 0.05) is 11.1 Å². The van der Waals surface area contributed by atoms with E-state index in [9.17, 15) is 18.0 Å². The van der Waals surface area contributed by atoms with Crippen molar-refractivity contribution in [2.24, 2.45) is 0 Å². The number of hydrogen-bond acceptors (Lipinski definition) is 5. The standard InChI is InChI=1S/C18H13F3N2O3/c1-11(24)12-5-7-15(8-6-12)25-10-16-22-17(23-26-16)13-3-2-4-14(9-13)18(19,20)21/h2-9H,10H2,1H3. The molecule has 26 heavy (non-hydrogen) atoms. The molecular formula is C18H13F3N2O3. The molecular weight excluding hydrogens is 349 g/mol. The number of hydrogen-bond donors (Lipinski definition) is 0. The van der Waals surface area contributed by atoms with E-state index >= 15 is 0 Å². The molecule has 0 N–H and O–H groups in total. The molecule has 0 saturated carbocycles. The SMILES string of the molecule is CC(=O)c1ccc(OCc2nc(-c3cccc(C(F)(F)F)c3)no2)cc1. The van der Waals surface area contributed by atoms with Crippen molar-refractivity contribution in [2.45, 2.75) is 19.7 Å². The van der Waals surface area contributed by atoms with Crippen LogP contribution in [0.15, 0.2) is 53.1 Å². The Balaban J connectivity index is 1.69. The van der Waals surface area contributed by atoms with Gasteiger partial charge in [-0.15, -0.1) is 0 Å². The third-order valence-corrected chi connectivity index (χ3v) is 3.54. The number of Topliss-reactive ketones (excluding diaryl/α,β-unsaturated/α-hetero) is 1. The number of aromatic nitrogens is 2. The molecule has 0 amide bonds. The Labute approximate surface area is 146 Å². The topological polar surface area (TPSA) is 65.2 Å². The van der Waals surface area contributed by atoms with Gasteiger partial charge in [-0.3, -0.25) is 4.79 Å². The van der Waals surface area contributed by atoms with E-state index in [0.717, 1.165) is 12.1 Å². The molecule has 0 aliphatic carbocycles. The summed E-state index contributed by atoms with van der Waals surface area (Å²) in [6, 6.07) is 11.2. The summed E-state index contributed by atoms with van der Waals surface area (Å²) in [5.41, 5.74) is -0.0363. The van der Waals surface area contributed by atoms with Crippen LogP contribution in [0.25, 0.3) is 11.4 Å². The third-order valence-electron chi connectivity index (χ3n) is 3.54. The van der Waals surface area contributed by atoms with Gasteiger partial charge >= 0.3 is 6.18 Å². The number of carbonyl (C=O) groups is 1. The molecule has 3 rings (SSSR count). The van der Waals surface area contributed by atoms with Crippen LogP contribution in [0, 0.1) is 0 Å². The maximum absolute atomic E-state index is 12.8. The van der Waals surface area contributed by atoms with E-state index in [1.54, 1.807) is 24.3 Å². The summed E-state index contributed by atoms with van der Waals surface area (Å²) in [5.74, 6) is 0.600. The maximum atomic E-state index is 12.8. The first-order chi connectivity index (χ1) is 12.3. The molecule has 3 aromatic rings. The van der Waals surface area contributed by atoms with E-state index in [0.29, 0.717) is 11.3 Å². The Morgan fingerprint density at radius 2 is 1.88 bits per heavy atom. The predicted octanol–water partition coefficient (Wildman–Crippen LogP) is 4.54. The Hall–Kier alpha value is -3.16. The van der Waals surface area contributed by atoms with Gasteiger partial charge in [-0.1, -0.05) is 17.3 Å². The number of nitrogens with zero attached hydrogens (tertiary/aromatic N) is 2. The van der Waals surface area contributed by atoms with Gasteiger partial charge in [-0.05, 0) is 43.3 Å². The van der Waals surface area contributed by atoms with Crippen LogP contribution in [0.2, 0.25) is 0 Å². The van der Waals surface area contributed by atoms with Crippen LogP contribution in [0.4, 0.5) is 13.2 Å². The van der Waals surface area contributed by atoms with Crippen LogP contribution in [0.1, 0.15) is 28.7 Å². The fourth-order valence-corrected chi connectivity index (χ4v) is 2.20. The number of benzene rings is 2. The summed E-state index contributed by atoms with van der Waals surface area (Å²) in [4.78, 5) is 15.3. The highest BCUT2D eigenvalue weighted by Crippen LogP contribution is 2.31. The van der Waals surface area contributed by atoms with E-state index < -0.39 is 11.7 Å². The summed E-state index contributed by atoms with van der Waals surface area (Å²) in [6.45, 7) is 1.41. The van der Waals surface area contributed by atoms with Crippen LogP contribution in [-0.2, 0) is 12.8 Å². The van der Waals surface area contributed by atoms with E-state index in [-0.39, 0.29) is 29.7 Å². The van der Waals surface area contributed by atoms with Crippen LogP contribution in [0.3, 0.4) is 0 Å². The molecule has 2 aromatic carbocycles. The predicted molar refractivity (Wildman–Crippen MR) is 85.5 cm³/mol. The lowest BCUT2D eigenvalue weighted by molar-refractivity contribution is -0.137. The quantitative estimate of drug-likeness (QED) is 0.624. The van der Waals surface area contributed by atoms with Crippen molar-refractivity contribution in [3.05, 3.63) is 65.5 Å². The molecule has 1 heterocycles. The molecule has 0 aliphatic heterocycles. The molecule has 0 radical (unpaired) electrons. The minimum atomic E-state index is -4.45. The molecule has 0 aliphatic rings. The molecule has 134 valence electrons. The second-order valence-corrected chi connectivity index (χ2v) is 5.46. The van der Waals surface area contributed by atoms with Gasteiger partial charge in [0.1, 0.15) is 5.75 Å². The zero-order chi connectivity index (χ0) is 18.7. The first-order valence-electron chi connectivity index (χ1n) is 7.57. The highest BCUT2D eigenvalue weighted by Gasteiger charge is 2.30. The van der Waals surface area contributed by atoms with Crippen molar-refractivity contribution < 1.29 is 27.2 Å². The molecule has 1 aromatic heterocycles. The van der Waals surface area contributed by atoms with Gasteiger partial charge < -0.3 is 9.26 Å². The van der Waals surface area contributed by atoms with E-state index in [2.05, 4.69) is 10.1 Å². The fourth-order valence-electron chi connectivity index (χ4n) is 2.20. The molecule has 0 atom stereocenters. The second-order valence-electron chi connectivity index (χ2n) is 5.46. The van der Waals surface area contributed by atoms with Gasteiger partial charge in [0.2, 0.25) is 5.82 Å². The van der Waals surface area contributed by atoms with Crippen LogP contribution in [0.5, 0.6) is 5.75 Å². The van der Waals surface area contributed by atoms with Crippen molar-refractivity contribution in [3.8, 4) is 17.1 Å². The number of halogens is 3. The summed E-state index contributed by atoms with van der Waals surface area (Å²) in [6.07, 6.45) is -4.45. The molecule has 0 unspecified atom stereocenters. The Bertz CT molecular complexity index is 918. The molecule has 0 spiro atoms. The molecule has 0 bridgehead atoms. The van der Waals surface area contributed by atoms with Gasteiger partial charge in [0.05, 0.1) is 5.56 Å². The minimum Gasteiger partial charge on any atom is -0.484 e. The third kappa shape index (κ3) is 4.08. The number of carbonyl (C=O) groups excluding carboxylic acids is 1. The van der Waals surface area contributed by atoms with Gasteiger partial charge in [0.15, 0.2) is 12.4 Å². The normalized spacial score (nSPS) is 11.4. The molecule has 8 heteroatoms. The van der Waals surface area contributed by atoms with Gasteiger partial charge in [-0.2, -0.15) is 18.2 Å². The van der Waals surface area contributed by atoms with Crippen LogP contribution in [-0.4, -0.2) is 15.9 Å². The van der Waals surface area contributed by atoms with Crippen molar-refractivity contribution in [1.82, 2.24) is 10.1 Å². The van der Waals surface area contributed by atoms with Gasteiger partial charge in [-0.25, -0.2) is 0 Å². The highest BCUT2D eigenvalue weighted by molar-refractivity contribution is 5.94. The largest absolute Gasteiger partial charge is 0.484 e. The van der Waals surface area contributed by atoms with E-state index in [1.165, 1.54) is 19.1 Å². The Morgan fingerprint density at radius 3 is 2.54 bits per heavy atom. The van der Waals surface area contributed by atoms with Crippen LogP contribution >= 0.6 is 0 Å². The smallest absolute Gasteiger partial charge is 0.416 e.